The molecule has 28 heavy (non-hydrogen) atoms. The predicted octanol–water partition coefficient (Wildman–Crippen LogP) is 3.80. The van der Waals surface area contributed by atoms with Crippen LogP contribution in [0.1, 0.15) is 36.5 Å². The van der Waals surface area contributed by atoms with Crippen LogP contribution in [-0.4, -0.2) is 28.0 Å². The summed E-state index contributed by atoms with van der Waals surface area (Å²) in [5.74, 6) is 0.341. The fourth-order valence-electron chi connectivity index (χ4n) is 3.43. The second kappa shape index (κ2) is 7.83. The molecule has 2 aromatic carbocycles. The molecule has 0 bridgehead atoms. The number of aryl methyl sites for hydroxylation is 3. The van der Waals surface area contributed by atoms with E-state index in [-0.39, 0.29) is 10.8 Å². The number of ether oxygens (including phenoxy) is 1. The van der Waals surface area contributed by atoms with Gasteiger partial charge in [-0.15, -0.1) is 0 Å². The Hall–Kier alpha value is -2.54. The molecule has 0 saturated heterocycles. The summed E-state index contributed by atoms with van der Waals surface area (Å²) < 4.78 is 34.0. The quantitative estimate of drug-likeness (QED) is 0.825. The van der Waals surface area contributed by atoms with Gasteiger partial charge in [0.2, 0.25) is 5.91 Å². The van der Waals surface area contributed by atoms with Crippen LogP contribution in [0.5, 0.6) is 5.75 Å². The highest BCUT2D eigenvalue weighted by Crippen LogP contribution is 2.33. The molecule has 0 spiro atoms. The zero-order valence-electron chi connectivity index (χ0n) is 16.7. The number of fused-ring (bicyclic) bond motifs is 1. The molecule has 3 rings (SSSR count). The lowest BCUT2D eigenvalue weighted by Crippen LogP contribution is -2.35. The molecule has 0 aliphatic carbocycles. The van der Waals surface area contributed by atoms with Crippen molar-refractivity contribution in [3.05, 3.63) is 47.0 Å². The van der Waals surface area contributed by atoms with Gasteiger partial charge in [-0.25, -0.2) is 8.42 Å². The summed E-state index contributed by atoms with van der Waals surface area (Å²) in [4.78, 5) is 14.1. The SMILES string of the molecule is CCC(=O)N1CCCc2ccc(NS(=O)(=O)c3cc(C)c(C)cc3OC)cc21. The lowest BCUT2D eigenvalue weighted by molar-refractivity contribution is -0.118. The minimum atomic E-state index is -3.84. The Kier molecular flexibility index (Phi) is 5.65. The monoisotopic (exact) mass is 402 g/mol. The van der Waals surface area contributed by atoms with E-state index in [1.165, 1.54) is 7.11 Å². The largest absolute Gasteiger partial charge is 0.495 e. The molecule has 1 aliphatic rings. The second-order valence-electron chi connectivity index (χ2n) is 7.04. The van der Waals surface area contributed by atoms with Gasteiger partial charge in [0.05, 0.1) is 12.8 Å². The van der Waals surface area contributed by atoms with Crippen molar-refractivity contribution in [2.75, 3.05) is 23.3 Å². The van der Waals surface area contributed by atoms with E-state index in [0.717, 1.165) is 35.2 Å². The molecular weight excluding hydrogens is 376 g/mol. The van der Waals surface area contributed by atoms with E-state index in [9.17, 15) is 13.2 Å². The Labute approximate surface area is 166 Å². The van der Waals surface area contributed by atoms with Crippen molar-refractivity contribution in [2.45, 2.75) is 44.9 Å². The lowest BCUT2D eigenvalue weighted by Gasteiger charge is -2.30. The van der Waals surface area contributed by atoms with E-state index in [1.807, 2.05) is 26.8 Å². The smallest absolute Gasteiger partial charge is 0.265 e. The molecule has 6 nitrogen and oxygen atoms in total. The Bertz CT molecular complexity index is 1020. The van der Waals surface area contributed by atoms with Gasteiger partial charge >= 0.3 is 0 Å². The molecule has 150 valence electrons. The minimum Gasteiger partial charge on any atom is -0.495 e. The number of hydrogen-bond donors (Lipinski definition) is 1. The summed E-state index contributed by atoms with van der Waals surface area (Å²) in [5, 5.41) is 0. The number of anilines is 2. The number of carbonyl (C=O) groups excluding carboxylic acids is 1. The average molecular weight is 403 g/mol. The molecule has 1 heterocycles. The van der Waals surface area contributed by atoms with E-state index in [0.29, 0.717) is 24.4 Å². The molecule has 1 amide bonds. The van der Waals surface area contributed by atoms with Gasteiger partial charge in [0.25, 0.3) is 10.0 Å². The van der Waals surface area contributed by atoms with Crippen LogP contribution in [0.4, 0.5) is 11.4 Å². The second-order valence-corrected chi connectivity index (χ2v) is 8.69. The fourth-order valence-corrected chi connectivity index (χ4v) is 4.72. The summed E-state index contributed by atoms with van der Waals surface area (Å²) in [6.07, 6.45) is 2.19. The molecule has 1 N–H and O–H groups in total. The van der Waals surface area contributed by atoms with E-state index in [4.69, 9.17) is 4.74 Å². The number of hydrogen-bond acceptors (Lipinski definition) is 4. The van der Waals surface area contributed by atoms with E-state index in [1.54, 1.807) is 29.2 Å². The van der Waals surface area contributed by atoms with E-state index in [2.05, 4.69) is 4.72 Å². The first-order valence-corrected chi connectivity index (χ1v) is 10.9. The van der Waals surface area contributed by atoms with Gasteiger partial charge in [-0.05, 0) is 67.6 Å². The molecule has 1 aliphatic heterocycles. The zero-order chi connectivity index (χ0) is 20.5. The number of nitrogens with zero attached hydrogens (tertiary/aromatic N) is 1. The predicted molar refractivity (Wildman–Crippen MR) is 111 cm³/mol. The van der Waals surface area contributed by atoms with Gasteiger partial charge in [-0.2, -0.15) is 0 Å². The zero-order valence-corrected chi connectivity index (χ0v) is 17.5. The number of benzene rings is 2. The third-order valence-corrected chi connectivity index (χ3v) is 6.53. The van der Waals surface area contributed by atoms with Gasteiger partial charge in [0.15, 0.2) is 0 Å². The maximum Gasteiger partial charge on any atom is 0.265 e. The van der Waals surface area contributed by atoms with Crippen molar-refractivity contribution in [3.8, 4) is 5.75 Å². The summed E-state index contributed by atoms with van der Waals surface area (Å²) in [6, 6.07) is 8.71. The third kappa shape index (κ3) is 3.85. The summed E-state index contributed by atoms with van der Waals surface area (Å²) >= 11 is 0. The van der Waals surface area contributed by atoms with E-state index < -0.39 is 10.0 Å². The maximum absolute atomic E-state index is 13.0. The number of sulfonamides is 1. The Morgan fingerprint density at radius 1 is 1.18 bits per heavy atom. The standard InChI is InChI=1S/C21H26N2O4S/c1-5-21(24)23-10-6-7-16-8-9-17(13-18(16)23)22-28(25,26)20-12-15(3)14(2)11-19(20)27-4/h8-9,11-13,22H,5-7,10H2,1-4H3. The number of nitrogens with one attached hydrogen (secondary N) is 1. The van der Waals surface area contributed by atoms with Crippen molar-refractivity contribution in [1.29, 1.82) is 0 Å². The number of carbonyl (C=O) groups is 1. The van der Waals surface area contributed by atoms with Crippen LogP contribution in [0.2, 0.25) is 0 Å². The first-order valence-electron chi connectivity index (χ1n) is 9.38. The van der Waals surface area contributed by atoms with Crippen LogP contribution >= 0.6 is 0 Å². The molecule has 7 heteroatoms. The number of amides is 1. The first kappa shape index (κ1) is 20.2. The minimum absolute atomic E-state index is 0.0387. The molecule has 0 saturated carbocycles. The van der Waals surface area contributed by atoms with Crippen LogP contribution in [0, 0.1) is 13.8 Å². The van der Waals surface area contributed by atoms with Crippen molar-refractivity contribution in [1.82, 2.24) is 0 Å². The van der Waals surface area contributed by atoms with Crippen molar-refractivity contribution >= 4 is 27.3 Å². The van der Waals surface area contributed by atoms with Crippen molar-refractivity contribution in [2.24, 2.45) is 0 Å². The summed E-state index contributed by atoms with van der Waals surface area (Å²) in [6.45, 7) is 6.25. The number of methoxy groups -OCH3 is 1. The molecule has 0 atom stereocenters. The molecule has 2 aromatic rings. The third-order valence-electron chi connectivity index (χ3n) is 5.13. The van der Waals surface area contributed by atoms with E-state index >= 15 is 0 Å². The highest BCUT2D eigenvalue weighted by atomic mass is 32.2. The summed E-state index contributed by atoms with van der Waals surface area (Å²) in [7, 11) is -2.39. The first-order chi connectivity index (χ1) is 13.3. The van der Waals surface area contributed by atoms with Gasteiger partial charge in [-0.1, -0.05) is 13.0 Å². The van der Waals surface area contributed by atoms with Crippen LogP contribution < -0.4 is 14.4 Å². The highest BCUT2D eigenvalue weighted by molar-refractivity contribution is 7.92. The fraction of sp³-hybridized carbons (Fsp3) is 0.381. The van der Waals surface area contributed by atoms with Crippen LogP contribution in [-0.2, 0) is 21.2 Å². The molecule has 0 radical (unpaired) electrons. The summed E-state index contributed by atoms with van der Waals surface area (Å²) in [5.41, 5.74) is 4.09. The highest BCUT2D eigenvalue weighted by Gasteiger charge is 2.24. The topological polar surface area (TPSA) is 75.7 Å². The van der Waals surface area contributed by atoms with Crippen LogP contribution in [0.3, 0.4) is 0 Å². The average Bonchev–Trinajstić information content (AvgIpc) is 2.68. The van der Waals surface area contributed by atoms with Gasteiger partial charge in [0.1, 0.15) is 10.6 Å². The molecule has 0 fully saturated rings. The van der Waals surface area contributed by atoms with Crippen molar-refractivity contribution < 1.29 is 17.9 Å². The van der Waals surface area contributed by atoms with Gasteiger partial charge in [-0.3, -0.25) is 9.52 Å². The van der Waals surface area contributed by atoms with Gasteiger partial charge < -0.3 is 9.64 Å². The number of rotatable bonds is 5. The maximum atomic E-state index is 13.0. The van der Waals surface area contributed by atoms with Gasteiger partial charge in [0, 0.05) is 18.7 Å². The van der Waals surface area contributed by atoms with Crippen molar-refractivity contribution in [3.63, 3.8) is 0 Å². The Morgan fingerprint density at radius 3 is 2.57 bits per heavy atom. The van der Waals surface area contributed by atoms with Crippen LogP contribution in [0.15, 0.2) is 35.2 Å². The Morgan fingerprint density at radius 2 is 1.89 bits per heavy atom. The molecule has 0 aromatic heterocycles. The van der Waals surface area contributed by atoms with Crippen LogP contribution in [0.25, 0.3) is 0 Å². The normalized spacial score (nSPS) is 13.8. The Balaban J connectivity index is 1.98. The lowest BCUT2D eigenvalue weighted by atomic mass is 10.0. The molecular formula is C21H26N2O4S. The molecule has 0 unspecified atom stereocenters.